The highest BCUT2D eigenvalue weighted by Gasteiger charge is 2.24. The second kappa shape index (κ2) is 8.17. The Morgan fingerprint density at radius 2 is 1.75 bits per heavy atom. The topological polar surface area (TPSA) is 112 Å². The molecule has 0 spiro atoms. The van der Waals surface area contributed by atoms with Crippen LogP contribution in [-0.2, 0) is 9.53 Å². The molecule has 0 fully saturated rings. The number of non-ortho nitro benzene ring substituents is 1. The first-order valence-electron chi connectivity index (χ1n) is 8.35. The molecule has 1 aromatic heterocycles. The van der Waals surface area contributed by atoms with E-state index in [1.807, 2.05) is 30.3 Å². The maximum atomic E-state index is 12.4. The fourth-order valence-corrected chi connectivity index (χ4v) is 2.49. The summed E-state index contributed by atoms with van der Waals surface area (Å²) in [7, 11) is 0. The van der Waals surface area contributed by atoms with Crippen molar-refractivity contribution in [3.8, 4) is 11.1 Å². The van der Waals surface area contributed by atoms with Crippen LogP contribution >= 0.6 is 0 Å². The number of nitro groups is 1. The highest BCUT2D eigenvalue weighted by Crippen LogP contribution is 2.25. The average molecular weight is 380 g/mol. The predicted molar refractivity (Wildman–Crippen MR) is 101 cm³/mol. The van der Waals surface area contributed by atoms with E-state index in [1.165, 1.54) is 37.5 Å². The van der Waals surface area contributed by atoms with Gasteiger partial charge in [-0.25, -0.2) is 4.79 Å². The lowest BCUT2D eigenvalue weighted by molar-refractivity contribution is -0.384. The highest BCUT2D eigenvalue weighted by molar-refractivity contribution is 5.99. The van der Waals surface area contributed by atoms with Crippen LogP contribution in [0.4, 0.5) is 11.4 Å². The number of esters is 1. The molecule has 3 aromatic rings. The normalized spacial score (nSPS) is 11.5. The van der Waals surface area contributed by atoms with Crippen LogP contribution in [0.5, 0.6) is 0 Å². The van der Waals surface area contributed by atoms with E-state index in [0.29, 0.717) is 11.3 Å². The number of furan rings is 1. The van der Waals surface area contributed by atoms with Crippen LogP contribution in [0.3, 0.4) is 0 Å². The van der Waals surface area contributed by atoms with Gasteiger partial charge in [-0.05, 0) is 30.7 Å². The second-order valence-corrected chi connectivity index (χ2v) is 5.87. The van der Waals surface area contributed by atoms with Gasteiger partial charge in [-0.1, -0.05) is 30.3 Å². The smallest absolute Gasteiger partial charge is 0.375 e. The molecular weight excluding hydrogens is 364 g/mol. The van der Waals surface area contributed by atoms with Crippen molar-refractivity contribution in [3.63, 3.8) is 0 Å². The number of hydrogen-bond acceptors (Lipinski definition) is 6. The summed E-state index contributed by atoms with van der Waals surface area (Å²) in [5.74, 6) is -1.34. The number of nitrogens with one attached hydrogen (secondary N) is 1. The molecule has 1 amide bonds. The van der Waals surface area contributed by atoms with E-state index in [2.05, 4.69) is 5.32 Å². The Morgan fingerprint density at radius 1 is 1.07 bits per heavy atom. The van der Waals surface area contributed by atoms with Gasteiger partial charge in [0, 0.05) is 23.4 Å². The summed E-state index contributed by atoms with van der Waals surface area (Å²) >= 11 is 0. The van der Waals surface area contributed by atoms with Gasteiger partial charge in [-0.15, -0.1) is 0 Å². The first-order chi connectivity index (χ1) is 13.5. The van der Waals surface area contributed by atoms with Crippen molar-refractivity contribution in [3.05, 3.63) is 82.8 Å². The molecule has 2 aromatic carbocycles. The molecule has 1 unspecified atom stereocenters. The average Bonchev–Trinajstić information content (AvgIpc) is 3.19. The van der Waals surface area contributed by atoms with E-state index in [0.717, 1.165) is 5.56 Å². The van der Waals surface area contributed by atoms with Crippen LogP contribution < -0.4 is 5.32 Å². The number of rotatable bonds is 6. The summed E-state index contributed by atoms with van der Waals surface area (Å²) in [4.78, 5) is 34.8. The molecule has 1 heterocycles. The molecule has 28 heavy (non-hydrogen) atoms. The number of nitrogens with zero attached hydrogens (tertiary/aromatic N) is 1. The first kappa shape index (κ1) is 18.8. The molecule has 0 saturated carbocycles. The first-order valence-corrected chi connectivity index (χ1v) is 8.35. The van der Waals surface area contributed by atoms with Crippen molar-refractivity contribution in [1.29, 1.82) is 0 Å². The molecule has 0 bridgehead atoms. The van der Waals surface area contributed by atoms with Gasteiger partial charge in [0.2, 0.25) is 5.76 Å². The lowest BCUT2D eigenvalue weighted by Gasteiger charge is -2.13. The van der Waals surface area contributed by atoms with Crippen molar-refractivity contribution in [2.24, 2.45) is 0 Å². The standard InChI is InChI=1S/C20H16N2O6/c1-13(19(23)21-15-7-9-16(10-8-15)22(25)26)28-20(24)18-17(11-12-27-18)14-5-3-2-4-6-14/h2-13H,1H3,(H,21,23). The van der Waals surface area contributed by atoms with Crippen LogP contribution in [-0.4, -0.2) is 22.9 Å². The van der Waals surface area contributed by atoms with E-state index in [9.17, 15) is 19.7 Å². The Morgan fingerprint density at radius 3 is 2.39 bits per heavy atom. The number of benzene rings is 2. The summed E-state index contributed by atoms with van der Waals surface area (Å²) in [6, 6.07) is 16.1. The maximum absolute atomic E-state index is 12.4. The molecule has 3 rings (SSSR count). The maximum Gasteiger partial charge on any atom is 0.375 e. The SMILES string of the molecule is CC(OC(=O)c1occc1-c1ccccc1)C(=O)Nc1ccc([N+](=O)[O-])cc1. The van der Waals surface area contributed by atoms with Gasteiger partial charge >= 0.3 is 5.97 Å². The van der Waals surface area contributed by atoms with Crippen LogP contribution in [0.2, 0.25) is 0 Å². The number of amides is 1. The minimum atomic E-state index is -1.10. The summed E-state index contributed by atoms with van der Waals surface area (Å²) in [5, 5.41) is 13.2. The number of anilines is 1. The summed E-state index contributed by atoms with van der Waals surface area (Å²) in [6.07, 6.45) is 0.275. The monoisotopic (exact) mass is 380 g/mol. The van der Waals surface area contributed by atoms with E-state index in [1.54, 1.807) is 6.07 Å². The van der Waals surface area contributed by atoms with Gasteiger partial charge in [0.15, 0.2) is 6.10 Å². The molecule has 1 N–H and O–H groups in total. The fourth-order valence-electron chi connectivity index (χ4n) is 2.49. The Kier molecular flexibility index (Phi) is 5.50. The van der Waals surface area contributed by atoms with Crippen molar-refractivity contribution in [1.82, 2.24) is 0 Å². The molecular formula is C20H16N2O6. The van der Waals surface area contributed by atoms with Crippen molar-refractivity contribution >= 4 is 23.3 Å². The molecule has 0 radical (unpaired) electrons. The van der Waals surface area contributed by atoms with Crippen molar-refractivity contribution in [2.45, 2.75) is 13.0 Å². The van der Waals surface area contributed by atoms with Crippen LogP contribution in [0, 0.1) is 10.1 Å². The third kappa shape index (κ3) is 4.24. The summed E-state index contributed by atoms with van der Waals surface area (Å²) < 4.78 is 10.4. The van der Waals surface area contributed by atoms with E-state index in [-0.39, 0.29) is 11.4 Å². The van der Waals surface area contributed by atoms with E-state index in [4.69, 9.17) is 9.15 Å². The molecule has 0 aliphatic rings. The van der Waals surface area contributed by atoms with Gasteiger partial charge in [0.25, 0.3) is 11.6 Å². The number of hydrogen-bond donors (Lipinski definition) is 1. The Bertz CT molecular complexity index is 995. The third-order valence-corrected chi connectivity index (χ3v) is 3.93. The minimum Gasteiger partial charge on any atom is -0.457 e. The van der Waals surface area contributed by atoms with E-state index < -0.39 is 22.9 Å². The zero-order valence-corrected chi connectivity index (χ0v) is 14.8. The van der Waals surface area contributed by atoms with Crippen LogP contribution in [0.25, 0.3) is 11.1 Å². The van der Waals surface area contributed by atoms with Gasteiger partial charge < -0.3 is 14.5 Å². The van der Waals surface area contributed by atoms with Gasteiger partial charge in [0.1, 0.15) is 0 Å². The minimum absolute atomic E-state index is 0.00110. The Balaban J connectivity index is 1.65. The van der Waals surface area contributed by atoms with Crippen molar-refractivity contribution < 1.29 is 23.7 Å². The van der Waals surface area contributed by atoms with Crippen molar-refractivity contribution in [2.75, 3.05) is 5.32 Å². The van der Waals surface area contributed by atoms with Gasteiger partial charge in [-0.3, -0.25) is 14.9 Å². The predicted octanol–water partition coefficient (Wildman–Crippen LogP) is 4.04. The fraction of sp³-hybridized carbons (Fsp3) is 0.100. The number of carbonyl (C=O) groups is 2. The second-order valence-electron chi connectivity index (χ2n) is 5.87. The van der Waals surface area contributed by atoms with Gasteiger partial charge in [0.05, 0.1) is 11.2 Å². The summed E-state index contributed by atoms with van der Waals surface area (Å²) in [6.45, 7) is 1.42. The quantitative estimate of drug-likeness (QED) is 0.392. The van der Waals surface area contributed by atoms with E-state index >= 15 is 0 Å². The molecule has 1 atom stereocenters. The molecule has 0 aliphatic carbocycles. The number of ether oxygens (including phenoxy) is 1. The molecule has 142 valence electrons. The van der Waals surface area contributed by atoms with Gasteiger partial charge in [-0.2, -0.15) is 0 Å². The number of carbonyl (C=O) groups excluding carboxylic acids is 2. The Labute approximate surface area is 159 Å². The molecule has 8 nitrogen and oxygen atoms in total. The summed E-state index contributed by atoms with van der Waals surface area (Å²) in [5.41, 5.74) is 1.60. The Hall–Kier alpha value is -3.94. The zero-order chi connectivity index (χ0) is 20.1. The highest BCUT2D eigenvalue weighted by atomic mass is 16.6. The third-order valence-electron chi connectivity index (χ3n) is 3.93. The molecule has 0 saturated heterocycles. The zero-order valence-electron chi connectivity index (χ0n) is 14.8. The number of nitro benzene ring substituents is 1. The molecule has 0 aliphatic heterocycles. The lowest BCUT2D eigenvalue weighted by Crippen LogP contribution is -2.30. The lowest BCUT2D eigenvalue weighted by atomic mass is 10.1. The molecule has 8 heteroatoms. The van der Waals surface area contributed by atoms with Crippen LogP contribution in [0.15, 0.2) is 71.3 Å². The van der Waals surface area contributed by atoms with Crippen LogP contribution in [0.1, 0.15) is 17.5 Å². The largest absolute Gasteiger partial charge is 0.457 e.